The molecule has 0 saturated heterocycles. The van der Waals surface area contributed by atoms with E-state index in [1.54, 1.807) is 6.07 Å². The number of thiophene rings is 1. The monoisotopic (exact) mass is 335 g/mol. The van der Waals surface area contributed by atoms with E-state index in [-0.39, 0.29) is 28.9 Å². The van der Waals surface area contributed by atoms with E-state index in [2.05, 4.69) is 10.3 Å². The smallest absolute Gasteiger partial charge is 0.324 e. The van der Waals surface area contributed by atoms with Crippen LogP contribution < -0.4 is 5.32 Å². The number of thiazole rings is 1. The lowest BCUT2D eigenvalue weighted by Gasteiger charge is -1.99. The van der Waals surface area contributed by atoms with Crippen LogP contribution in [-0.2, 0) is 6.54 Å². The molecular weight excluding hydrogens is 322 g/mol. The Morgan fingerprint density at radius 1 is 1.45 bits per heavy atom. The Balaban J connectivity index is 0.00000200. The van der Waals surface area contributed by atoms with E-state index >= 15 is 0 Å². The summed E-state index contributed by atoms with van der Waals surface area (Å²) in [5.41, 5.74) is 0.911. The van der Waals surface area contributed by atoms with Gasteiger partial charge in [0.25, 0.3) is 0 Å². The number of nitro groups is 1. The third-order valence-electron chi connectivity index (χ3n) is 2.35. The molecule has 0 unspecified atom stereocenters. The van der Waals surface area contributed by atoms with Crippen LogP contribution in [-0.4, -0.2) is 28.2 Å². The highest BCUT2D eigenvalue weighted by Crippen LogP contribution is 2.34. The van der Waals surface area contributed by atoms with Crippen molar-refractivity contribution in [2.75, 3.05) is 13.2 Å². The largest absolute Gasteiger partial charge is 0.396 e. The van der Waals surface area contributed by atoms with Gasteiger partial charge in [-0.1, -0.05) is 11.3 Å². The summed E-state index contributed by atoms with van der Waals surface area (Å²) in [5, 5.41) is 25.3. The first-order chi connectivity index (χ1) is 9.20. The minimum Gasteiger partial charge on any atom is -0.396 e. The van der Waals surface area contributed by atoms with E-state index in [1.165, 1.54) is 17.4 Å². The van der Waals surface area contributed by atoms with Crippen molar-refractivity contribution in [1.29, 1.82) is 0 Å². The molecule has 0 amide bonds. The van der Waals surface area contributed by atoms with Crippen LogP contribution in [0, 0.1) is 10.1 Å². The van der Waals surface area contributed by atoms with Crippen LogP contribution in [0.4, 0.5) is 5.00 Å². The van der Waals surface area contributed by atoms with Crippen LogP contribution in [0.1, 0.15) is 12.1 Å². The highest BCUT2D eigenvalue weighted by atomic mass is 35.5. The summed E-state index contributed by atoms with van der Waals surface area (Å²) in [4.78, 5) is 15.5. The molecule has 2 aromatic rings. The molecule has 0 aliphatic heterocycles. The summed E-state index contributed by atoms with van der Waals surface area (Å²) in [6.45, 7) is 1.56. The molecule has 9 heteroatoms. The van der Waals surface area contributed by atoms with Gasteiger partial charge in [-0.25, -0.2) is 4.98 Å². The first-order valence-corrected chi connectivity index (χ1v) is 7.41. The van der Waals surface area contributed by atoms with Gasteiger partial charge in [-0.3, -0.25) is 10.1 Å². The minimum absolute atomic E-state index is 0. The molecule has 0 atom stereocenters. The third kappa shape index (κ3) is 4.50. The molecule has 6 nitrogen and oxygen atoms in total. The molecule has 0 radical (unpaired) electrons. The molecule has 0 bridgehead atoms. The number of aliphatic hydroxyl groups is 1. The van der Waals surface area contributed by atoms with Gasteiger partial charge in [-0.05, 0) is 19.0 Å². The molecule has 20 heavy (non-hydrogen) atoms. The number of rotatable bonds is 7. The van der Waals surface area contributed by atoms with E-state index in [0.29, 0.717) is 13.0 Å². The van der Waals surface area contributed by atoms with E-state index < -0.39 is 0 Å². The highest BCUT2D eigenvalue weighted by molar-refractivity contribution is 7.22. The number of hydrogen-bond acceptors (Lipinski definition) is 7. The number of halogens is 1. The quantitative estimate of drug-likeness (QED) is 0.461. The average molecular weight is 336 g/mol. The summed E-state index contributed by atoms with van der Waals surface area (Å²) >= 11 is 2.61. The second kappa shape index (κ2) is 8.28. The molecule has 110 valence electrons. The zero-order valence-electron chi connectivity index (χ0n) is 10.4. The van der Waals surface area contributed by atoms with Crippen molar-refractivity contribution in [3.8, 4) is 9.88 Å². The van der Waals surface area contributed by atoms with Crippen molar-refractivity contribution in [2.24, 2.45) is 0 Å². The summed E-state index contributed by atoms with van der Waals surface area (Å²) in [6.07, 6.45) is 0.716. The molecule has 0 spiro atoms. The van der Waals surface area contributed by atoms with Crippen LogP contribution in [0.3, 0.4) is 0 Å². The first-order valence-electron chi connectivity index (χ1n) is 5.71. The topological polar surface area (TPSA) is 88.3 Å². The van der Waals surface area contributed by atoms with E-state index in [9.17, 15) is 10.1 Å². The maximum absolute atomic E-state index is 10.6. The molecular formula is C11H14ClN3O3S2. The van der Waals surface area contributed by atoms with Crippen LogP contribution in [0.5, 0.6) is 0 Å². The lowest BCUT2D eigenvalue weighted by molar-refractivity contribution is -0.380. The van der Waals surface area contributed by atoms with E-state index in [1.807, 2.05) is 5.38 Å². The number of nitrogens with zero attached hydrogens (tertiary/aromatic N) is 2. The predicted molar refractivity (Wildman–Crippen MR) is 82.7 cm³/mol. The van der Waals surface area contributed by atoms with Gasteiger partial charge in [0.2, 0.25) is 0 Å². The lowest BCUT2D eigenvalue weighted by atomic mass is 10.4. The Morgan fingerprint density at radius 3 is 2.90 bits per heavy atom. The zero-order valence-corrected chi connectivity index (χ0v) is 12.9. The van der Waals surface area contributed by atoms with Crippen molar-refractivity contribution in [3.05, 3.63) is 33.3 Å². The summed E-state index contributed by atoms with van der Waals surface area (Å²) in [5.74, 6) is 0. The molecule has 2 heterocycles. The second-order valence-electron chi connectivity index (χ2n) is 3.79. The molecule has 0 aliphatic carbocycles. The summed E-state index contributed by atoms with van der Waals surface area (Å²) in [6, 6.07) is 3.23. The van der Waals surface area contributed by atoms with Crippen LogP contribution in [0.2, 0.25) is 0 Å². The molecule has 0 aromatic carbocycles. The van der Waals surface area contributed by atoms with Gasteiger partial charge in [-0.2, -0.15) is 0 Å². The summed E-state index contributed by atoms with van der Waals surface area (Å²) < 4.78 is 0. The maximum atomic E-state index is 10.6. The van der Waals surface area contributed by atoms with Gasteiger partial charge in [0, 0.05) is 24.6 Å². The molecule has 0 fully saturated rings. The number of aromatic nitrogens is 1. The van der Waals surface area contributed by atoms with E-state index in [4.69, 9.17) is 5.11 Å². The fourth-order valence-electron chi connectivity index (χ4n) is 1.46. The number of nitrogens with one attached hydrogen (secondary N) is 1. The standard InChI is InChI=1S/C11H13N3O3S2.ClH/c15-5-1-4-12-6-8-7-18-11(13-8)9-2-3-10(19-9)14(16)17;/h2-3,7,12,15H,1,4-6H2;1H. The Labute approximate surface area is 130 Å². The summed E-state index contributed by atoms with van der Waals surface area (Å²) in [7, 11) is 0. The third-order valence-corrected chi connectivity index (χ3v) is 4.45. The zero-order chi connectivity index (χ0) is 13.7. The van der Waals surface area contributed by atoms with Gasteiger partial charge in [0.1, 0.15) is 5.01 Å². The number of hydrogen-bond donors (Lipinski definition) is 2. The predicted octanol–water partition coefficient (Wildman–Crippen LogP) is 2.67. The van der Waals surface area contributed by atoms with Gasteiger partial charge in [-0.15, -0.1) is 23.7 Å². The molecule has 2 aromatic heterocycles. The molecule has 2 rings (SSSR count). The average Bonchev–Trinajstić information content (AvgIpc) is 3.03. The fraction of sp³-hybridized carbons (Fsp3) is 0.364. The van der Waals surface area contributed by atoms with Gasteiger partial charge >= 0.3 is 5.00 Å². The lowest BCUT2D eigenvalue weighted by Crippen LogP contribution is -2.15. The van der Waals surface area contributed by atoms with Gasteiger partial charge in [0.05, 0.1) is 15.5 Å². The van der Waals surface area contributed by atoms with Crippen molar-refractivity contribution < 1.29 is 10.0 Å². The highest BCUT2D eigenvalue weighted by Gasteiger charge is 2.13. The Kier molecular flexibility index (Phi) is 7.03. The Morgan fingerprint density at radius 2 is 2.25 bits per heavy atom. The molecule has 0 aliphatic rings. The van der Waals surface area contributed by atoms with E-state index in [0.717, 1.165) is 33.5 Å². The Hall–Kier alpha value is -1.06. The van der Waals surface area contributed by atoms with Crippen molar-refractivity contribution in [3.63, 3.8) is 0 Å². The molecule has 2 N–H and O–H groups in total. The maximum Gasteiger partial charge on any atom is 0.324 e. The van der Waals surface area contributed by atoms with Gasteiger partial charge < -0.3 is 10.4 Å². The fourth-order valence-corrected chi connectivity index (χ4v) is 3.17. The van der Waals surface area contributed by atoms with Crippen molar-refractivity contribution >= 4 is 40.1 Å². The molecule has 0 saturated carbocycles. The SMILES string of the molecule is Cl.O=[N+]([O-])c1ccc(-c2nc(CNCCCO)cs2)s1. The van der Waals surface area contributed by atoms with Crippen LogP contribution in [0.25, 0.3) is 9.88 Å². The second-order valence-corrected chi connectivity index (χ2v) is 5.71. The number of aliphatic hydroxyl groups excluding tert-OH is 1. The van der Waals surface area contributed by atoms with Gasteiger partial charge in [0.15, 0.2) is 0 Å². The first kappa shape index (κ1) is 17.0. The van der Waals surface area contributed by atoms with Crippen molar-refractivity contribution in [1.82, 2.24) is 10.3 Å². The van der Waals surface area contributed by atoms with Crippen LogP contribution in [0.15, 0.2) is 17.5 Å². The normalized spacial score (nSPS) is 10.2. The minimum atomic E-state index is -0.390. The van der Waals surface area contributed by atoms with Crippen LogP contribution >= 0.6 is 35.1 Å². The Bertz CT molecular complexity index is 559. The van der Waals surface area contributed by atoms with Crippen molar-refractivity contribution in [2.45, 2.75) is 13.0 Å².